The third-order valence-electron chi connectivity index (χ3n) is 2.23. The van der Waals surface area contributed by atoms with E-state index in [-0.39, 0.29) is 15.9 Å². The summed E-state index contributed by atoms with van der Waals surface area (Å²) in [5, 5.41) is 1.51. The number of nitrogens with zero attached hydrogens (tertiary/aromatic N) is 1. The topological polar surface area (TPSA) is 3.24 Å². The van der Waals surface area contributed by atoms with E-state index in [2.05, 4.69) is 50.2 Å². The summed E-state index contributed by atoms with van der Waals surface area (Å²) in [7, 11) is 14.8. The van der Waals surface area contributed by atoms with Gasteiger partial charge in [-0.3, -0.25) is 0 Å². The van der Waals surface area contributed by atoms with Gasteiger partial charge in [-0.05, 0) is 24.0 Å². The van der Waals surface area contributed by atoms with Crippen LogP contribution < -0.4 is 10.2 Å². The van der Waals surface area contributed by atoms with E-state index in [9.17, 15) is 0 Å². The van der Waals surface area contributed by atoms with Gasteiger partial charge in [0.2, 0.25) is 0 Å². The van der Waals surface area contributed by atoms with Crippen LogP contribution in [0.3, 0.4) is 0 Å². The molecular weight excluding hydrogens is 366 g/mol. The fraction of sp³-hybridized carbons (Fsp3) is 0.500. The molecule has 0 heterocycles. The van der Waals surface area contributed by atoms with Crippen molar-refractivity contribution in [3.8, 4) is 0 Å². The normalized spacial score (nSPS) is 10.4. The summed E-state index contributed by atoms with van der Waals surface area (Å²) < 4.78 is 0. The molecule has 1 rings (SSSR count). The Kier molecular flexibility index (Phi) is 12.2. The molecule has 1 unspecified atom stereocenters. The second kappa shape index (κ2) is 11.8. The van der Waals surface area contributed by atoms with Crippen molar-refractivity contribution in [1.82, 2.24) is 0 Å². The third kappa shape index (κ3) is 8.42. The first-order valence-electron chi connectivity index (χ1n) is 5.50. The van der Waals surface area contributed by atoms with Gasteiger partial charge in [-0.25, -0.2) is 0 Å². The van der Waals surface area contributed by atoms with E-state index in [0.717, 1.165) is 8.58 Å². The van der Waals surface area contributed by atoms with Crippen molar-refractivity contribution in [3.63, 3.8) is 0 Å². The van der Waals surface area contributed by atoms with E-state index >= 15 is 0 Å². The first kappa shape index (κ1) is 17.7. The second-order valence-electron chi connectivity index (χ2n) is 3.74. The molecular formula is C12H20Cl2NPPd. The quantitative estimate of drug-likeness (QED) is 0.416. The summed E-state index contributed by atoms with van der Waals surface area (Å²) in [5.41, 5.74) is 1.38. The average molecular weight is 387 g/mol. The van der Waals surface area contributed by atoms with E-state index in [1.165, 1.54) is 30.0 Å². The van der Waals surface area contributed by atoms with Gasteiger partial charge in [-0.2, -0.15) is 0 Å². The Morgan fingerprint density at radius 1 is 1.24 bits per heavy atom. The summed E-state index contributed by atoms with van der Waals surface area (Å²) >= 11 is -0.106. The van der Waals surface area contributed by atoms with Gasteiger partial charge in [0.05, 0.1) is 0 Å². The Labute approximate surface area is 123 Å². The Bertz CT molecular complexity index is 298. The van der Waals surface area contributed by atoms with E-state index in [0.29, 0.717) is 0 Å². The molecule has 0 saturated heterocycles. The van der Waals surface area contributed by atoms with Gasteiger partial charge in [0.25, 0.3) is 0 Å². The van der Waals surface area contributed by atoms with Crippen LogP contribution in [-0.4, -0.2) is 20.3 Å². The fourth-order valence-corrected chi connectivity index (χ4v) is 2.91. The fourth-order valence-electron chi connectivity index (χ4n) is 1.41. The summed E-state index contributed by atoms with van der Waals surface area (Å²) in [5.74, 6) is 0. The molecule has 0 fully saturated rings. The molecule has 0 N–H and O–H groups in total. The number of benzene rings is 1. The zero-order valence-electron chi connectivity index (χ0n) is 10.5. The van der Waals surface area contributed by atoms with Crippen LogP contribution in [0.2, 0.25) is 0 Å². The summed E-state index contributed by atoms with van der Waals surface area (Å²) in [4.78, 5) is 2.20. The Morgan fingerprint density at radius 3 is 2.35 bits per heavy atom. The van der Waals surface area contributed by atoms with Gasteiger partial charge in [0.1, 0.15) is 0 Å². The number of anilines is 1. The van der Waals surface area contributed by atoms with Crippen LogP contribution in [0.5, 0.6) is 0 Å². The summed E-state index contributed by atoms with van der Waals surface area (Å²) in [6.07, 6.45) is 3.98. The number of unbranched alkanes of at least 4 members (excludes halogenated alkanes) is 1. The molecule has 0 aromatic heterocycles. The van der Waals surface area contributed by atoms with E-state index in [4.69, 9.17) is 19.1 Å². The maximum absolute atomic E-state index is 4.81. The summed E-state index contributed by atoms with van der Waals surface area (Å²) in [6, 6.07) is 8.71. The molecule has 0 saturated carbocycles. The molecule has 0 radical (unpaired) electrons. The minimum atomic E-state index is -0.106. The zero-order valence-corrected chi connectivity index (χ0v) is 14.5. The standard InChI is InChI=1S/C12H20NP.2ClH.Pd/c1-4-5-10-14-12-9-7-6-8-11(12)13(2)3;;;/h6-9,14H,4-5,10H2,1-3H3;2*1H;/q;;;+2/p-2. The first-order valence-corrected chi connectivity index (χ1v) is 10.7. The average Bonchev–Trinajstić information content (AvgIpc) is 2.31. The van der Waals surface area contributed by atoms with Crippen molar-refractivity contribution in [2.45, 2.75) is 19.8 Å². The van der Waals surface area contributed by atoms with Crippen LogP contribution in [-0.2, 0) is 15.9 Å². The molecule has 0 aliphatic carbocycles. The number of hydrogen-bond donors (Lipinski definition) is 0. The molecule has 102 valence electrons. The molecule has 0 spiro atoms. The molecule has 1 aromatic carbocycles. The summed E-state index contributed by atoms with van der Waals surface area (Å²) in [6.45, 7) is 2.25. The van der Waals surface area contributed by atoms with Crippen LogP contribution in [0.25, 0.3) is 0 Å². The van der Waals surface area contributed by atoms with E-state index < -0.39 is 0 Å². The Morgan fingerprint density at radius 2 is 1.82 bits per heavy atom. The molecule has 0 aliphatic rings. The molecule has 1 nitrogen and oxygen atoms in total. The van der Waals surface area contributed by atoms with Gasteiger partial charge in [0.15, 0.2) is 0 Å². The van der Waals surface area contributed by atoms with Crippen molar-refractivity contribution in [2.24, 2.45) is 0 Å². The van der Waals surface area contributed by atoms with Crippen LogP contribution in [0, 0.1) is 0 Å². The second-order valence-corrected chi connectivity index (χ2v) is 7.49. The van der Waals surface area contributed by atoms with E-state index in [1.807, 2.05) is 0 Å². The van der Waals surface area contributed by atoms with E-state index in [1.54, 1.807) is 0 Å². The molecule has 1 atom stereocenters. The van der Waals surface area contributed by atoms with Crippen molar-refractivity contribution in [2.75, 3.05) is 25.2 Å². The molecule has 0 aliphatic heterocycles. The van der Waals surface area contributed by atoms with Gasteiger partial charge in [-0.15, -0.1) is 0 Å². The van der Waals surface area contributed by atoms with Crippen molar-refractivity contribution in [3.05, 3.63) is 24.3 Å². The number of hydrogen-bond acceptors (Lipinski definition) is 1. The number of para-hydroxylation sites is 1. The molecule has 1 aromatic rings. The predicted molar refractivity (Wildman–Crippen MR) is 80.2 cm³/mol. The molecule has 0 bridgehead atoms. The zero-order chi connectivity index (χ0) is 13.1. The maximum atomic E-state index is 4.81. The van der Waals surface area contributed by atoms with Gasteiger partial charge in [0, 0.05) is 19.8 Å². The van der Waals surface area contributed by atoms with Gasteiger partial charge in [-0.1, -0.05) is 40.1 Å². The third-order valence-corrected chi connectivity index (χ3v) is 3.64. The number of rotatable bonds is 5. The molecule has 5 heteroatoms. The van der Waals surface area contributed by atoms with Crippen LogP contribution in [0.1, 0.15) is 19.8 Å². The molecule has 0 amide bonds. The van der Waals surface area contributed by atoms with Crippen LogP contribution in [0.15, 0.2) is 24.3 Å². The first-order chi connectivity index (χ1) is 8.17. The van der Waals surface area contributed by atoms with Crippen molar-refractivity contribution >= 4 is 38.6 Å². The van der Waals surface area contributed by atoms with Crippen LogP contribution >= 0.6 is 27.6 Å². The minimum absolute atomic E-state index is 0.106. The Balaban J connectivity index is 0.000000770. The predicted octanol–water partition coefficient (Wildman–Crippen LogP) is 4.23. The number of halogens is 2. The molecule has 17 heavy (non-hydrogen) atoms. The SMILES string of the molecule is CCCCPc1ccccc1N(C)C.[Cl][Pd][Cl]. The van der Waals surface area contributed by atoms with Crippen LogP contribution in [0.4, 0.5) is 5.69 Å². The van der Waals surface area contributed by atoms with Gasteiger partial charge >= 0.3 is 35.0 Å². The van der Waals surface area contributed by atoms with Gasteiger partial charge < -0.3 is 4.90 Å². The monoisotopic (exact) mass is 385 g/mol. The van der Waals surface area contributed by atoms with Crippen molar-refractivity contribution in [1.29, 1.82) is 0 Å². The van der Waals surface area contributed by atoms with Crippen molar-refractivity contribution < 1.29 is 15.9 Å². The Hall–Kier alpha value is 0.692.